The van der Waals surface area contributed by atoms with Gasteiger partial charge in [-0.3, -0.25) is 4.72 Å². The average molecular weight is 299 g/mol. The van der Waals surface area contributed by atoms with Crippen LogP contribution in [0.1, 0.15) is 18.5 Å². The number of nitrogens with zero attached hydrogens (tertiary/aromatic N) is 1. The van der Waals surface area contributed by atoms with Crippen molar-refractivity contribution in [2.75, 3.05) is 38.1 Å². The fraction of sp³-hybridized carbons (Fsp3) is 0.538. The first-order valence-corrected chi connectivity index (χ1v) is 8.10. The molecule has 0 aliphatic carbocycles. The highest BCUT2D eigenvalue weighted by atomic mass is 32.2. The molecule has 1 aliphatic rings. The first kappa shape index (κ1) is 15.2. The fourth-order valence-electron chi connectivity index (χ4n) is 2.04. The van der Waals surface area contributed by atoms with Gasteiger partial charge in [0.25, 0.3) is 0 Å². The smallest absolute Gasteiger partial charge is 0.301 e. The standard InChI is InChI=1S/C13H21N3O3S/c1-11(14-2)12-4-3-5-13(10-12)15-20(17,18)16-6-8-19-9-7-16/h3-5,10-11,14-15H,6-9H2,1-2H3. The second kappa shape index (κ2) is 6.53. The van der Waals surface area contributed by atoms with Gasteiger partial charge in [0.1, 0.15) is 0 Å². The van der Waals surface area contributed by atoms with E-state index < -0.39 is 10.2 Å². The molecule has 0 aromatic heterocycles. The lowest BCUT2D eigenvalue weighted by Crippen LogP contribution is -2.43. The Balaban J connectivity index is 2.12. The minimum absolute atomic E-state index is 0.169. The van der Waals surface area contributed by atoms with Crippen molar-refractivity contribution in [3.8, 4) is 0 Å². The summed E-state index contributed by atoms with van der Waals surface area (Å²) >= 11 is 0. The van der Waals surface area contributed by atoms with Crippen LogP contribution in [0.15, 0.2) is 24.3 Å². The average Bonchev–Trinajstić information content (AvgIpc) is 2.47. The van der Waals surface area contributed by atoms with Crippen LogP contribution in [0, 0.1) is 0 Å². The fourth-order valence-corrected chi connectivity index (χ4v) is 3.22. The van der Waals surface area contributed by atoms with Gasteiger partial charge in [-0.1, -0.05) is 12.1 Å². The maximum absolute atomic E-state index is 12.2. The van der Waals surface area contributed by atoms with Gasteiger partial charge in [0.15, 0.2) is 0 Å². The highest BCUT2D eigenvalue weighted by molar-refractivity contribution is 7.90. The zero-order valence-corrected chi connectivity index (χ0v) is 12.6. The highest BCUT2D eigenvalue weighted by Crippen LogP contribution is 2.19. The molecule has 0 bridgehead atoms. The molecule has 20 heavy (non-hydrogen) atoms. The van der Waals surface area contributed by atoms with Crippen LogP contribution >= 0.6 is 0 Å². The van der Waals surface area contributed by atoms with Gasteiger partial charge in [0.2, 0.25) is 0 Å². The van der Waals surface area contributed by atoms with Gasteiger partial charge >= 0.3 is 10.2 Å². The van der Waals surface area contributed by atoms with Crippen LogP contribution in [0.2, 0.25) is 0 Å². The summed E-state index contributed by atoms with van der Waals surface area (Å²) in [5, 5.41) is 3.13. The van der Waals surface area contributed by atoms with Gasteiger partial charge in [0, 0.05) is 19.1 Å². The normalized spacial score (nSPS) is 18.7. The first-order chi connectivity index (χ1) is 9.53. The topological polar surface area (TPSA) is 70.7 Å². The predicted molar refractivity (Wildman–Crippen MR) is 78.9 cm³/mol. The summed E-state index contributed by atoms with van der Waals surface area (Å²) in [7, 11) is -1.63. The molecule has 1 fully saturated rings. The lowest BCUT2D eigenvalue weighted by atomic mass is 10.1. The molecule has 1 aromatic carbocycles. The molecule has 7 heteroatoms. The Hall–Kier alpha value is -1.15. The van der Waals surface area contributed by atoms with Gasteiger partial charge in [0.05, 0.1) is 18.9 Å². The summed E-state index contributed by atoms with van der Waals surface area (Å²) in [5.41, 5.74) is 1.62. The van der Waals surface area contributed by atoms with Crippen LogP contribution < -0.4 is 10.0 Å². The number of ether oxygens (including phenoxy) is 1. The number of anilines is 1. The van der Waals surface area contributed by atoms with Crippen molar-refractivity contribution in [3.63, 3.8) is 0 Å². The van der Waals surface area contributed by atoms with E-state index in [2.05, 4.69) is 10.0 Å². The molecule has 0 amide bonds. The Morgan fingerprint density at radius 3 is 2.65 bits per heavy atom. The summed E-state index contributed by atoms with van der Waals surface area (Å²) in [4.78, 5) is 0. The molecule has 6 nitrogen and oxygen atoms in total. The third-order valence-corrected chi connectivity index (χ3v) is 4.92. The SMILES string of the molecule is CNC(C)c1cccc(NS(=O)(=O)N2CCOCC2)c1. The third-order valence-electron chi connectivity index (χ3n) is 3.38. The Morgan fingerprint density at radius 2 is 2.00 bits per heavy atom. The molecule has 1 saturated heterocycles. The van der Waals surface area contributed by atoms with Gasteiger partial charge in [-0.15, -0.1) is 0 Å². The van der Waals surface area contributed by atoms with Gasteiger partial charge in [-0.05, 0) is 31.7 Å². The van der Waals surface area contributed by atoms with Crippen LogP contribution in [0.4, 0.5) is 5.69 Å². The zero-order valence-electron chi connectivity index (χ0n) is 11.8. The first-order valence-electron chi connectivity index (χ1n) is 6.66. The summed E-state index contributed by atoms with van der Waals surface area (Å²) < 4.78 is 33.7. The number of nitrogens with one attached hydrogen (secondary N) is 2. The summed E-state index contributed by atoms with van der Waals surface area (Å²) in [6.07, 6.45) is 0. The number of rotatable bonds is 5. The van der Waals surface area contributed by atoms with Crippen molar-refractivity contribution in [1.29, 1.82) is 0 Å². The molecule has 0 saturated carbocycles. The number of hydrogen-bond acceptors (Lipinski definition) is 4. The van der Waals surface area contributed by atoms with E-state index in [1.54, 1.807) is 6.07 Å². The van der Waals surface area contributed by atoms with Crippen LogP contribution in [-0.4, -0.2) is 46.1 Å². The minimum Gasteiger partial charge on any atom is -0.379 e. The van der Waals surface area contributed by atoms with Crippen LogP contribution in [0.3, 0.4) is 0 Å². The predicted octanol–water partition coefficient (Wildman–Crippen LogP) is 0.956. The van der Waals surface area contributed by atoms with E-state index in [0.717, 1.165) is 5.56 Å². The van der Waals surface area contributed by atoms with Crippen LogP contribution in [0.5, 0.6) is 0 Å². The van der Waals surface area contributed by atoms with Crippen molar-refractivity contribution in [2.45, 2.75) is 13.0 Å². The van der Waals surface area contributed by atoms with Crippen molar-refractivity contribution in [3.05, 3.63) is 29.8 Å². The van der Waals surface area contributed by atoms with Crippen LogP contribution in [-0.2, 0) is 14.9 Å². The van der Waals surface area contributed by atoms with E-state index in [0.29, 0.717) is 32.0 Å². The summed E-state index contributed by atoms with van der Waals surface area (Å²) in [5.74, 6) is 0. The van der Waals surface area contributed by atoms with E-state index in [4.69, 9.17) is 4.74 Å². The lowest BCUT2D eigenvalue weighted by molar-refractivity contribution is 0.0733. The van der Waals surface area contributed by atoms with Crippen molar-refractivity contribution >= 4 is 15.9 Å². The maximum atomic E-state index is 12.2. The van der Waals surface area contributed by atoms with Gasteiger partial charge < -0.3 is 10.1 Å². The molecular weight excluding hydrogens is 278 g/mol. The summed E-state index contributed by atoms with van der Waals surface area (Å²) in [6, 6.07) is 7.58. The van der Waals surface area contributed by atoms with Crippen molar-refractivity contribution in [2.24, 2.45) is 0 Å². The van der Waals surface area contributed by atoms with Crippen molar-refractivity contribution in [1.82, 2.24) is 9.62 Å². The molecule has 0 radical (unpaired) electrons. The van der Waals surface area contributed by atoms with E-state index >= 15 is 0 Å². The Morgan fingerprint density at radius 1 is 1.30 bits per heavy atom. The second-order valence-electron chi connectivity index (χ2n) is 4.75. The van der Waals surface area contributed by atoms with E-state index in [1.807, 2.05) is 32.2 Å². The second-order valence-corrected chi connectivity index (χ2v) is 6.43. The van der Waals surface area contributed by atoms with Crippen LogP contribution in [0.25, 0.3) is 0 Å². The Bertz CT molecular complexity index is 542. The van der Waals surface area contributed by atoms with E-state index in [1.165, 1.54) is 4.31 Å². The van der Waals surface area contributed by atoms with Crippen molar-refractivity contribution < 1.29 is 13.2 Å². The van der Waals surface area contributed by atoms with E-state index in [-0.39, 0.29) is 6.04 Å². The monoisotopic (exact) mass is 299 g/mol. The lowest BCUT2D eigenvalue weighted by Gasteiger charge is -2.26. The number of morpholine rings is 1. The largest absolute Gasteiger partial charge is 0.379 e. The van der Waals surface area contributed by atoms with E-state index in [9.17, 15) is 8.42 Å². The number of benzene rings is 1. The molecule has 2 N–H and O–H groups in total. The molecule has 112 valence electrons. The molecule has 1 aromatic rings. The molecule has 1 unspecified atom stereocenters. The number of hydrogen-bond donors (Lipinski definition) is 2. The highest BCUT2D eigenvalue weighted by Gasteiger charge is 2.24. The quantitative estimate of drug-likeness (QED) is 0.849. The summed E-state index contributed by atoms with van der Waals surface area (Å²) in [6.45, 7) is 3.69. The maximum Gasteiger partial charge on any atom is 0.301 e. The zero-order chi connectivity index (χ0) is 14.6. The Labute approximate surface area is 120 Å². The van der Waals surface area contributed by atoms with Gasteiger partial charge in [-0.25, -0.2) is 0 Å². The van der Waals surface area contributed by atoms with Gasteiger partial charge in [-0.2, -0.15) is 12.7 Å². The molecule has 1 atom stereocenters. The third kappa shape index (κ3) is 3.69. The molecule has 2 rings (SSSR count). The molecule has 1 heterocycles. The Kier molecular flexibility index (Phi) is 4.98. The molecular formula is C13H21N3O3S. The molecule has 1 aliphatic heterocycles. The molecule has 0 spiro atoms. The minimum atomic E-state index is -3.50.